The van der Waals surface area contributed by atoms with Gasteiger partial charge < -0.3 is 85.0 Å². The maximum Gasteiger partial charge on any atom is 0.234 e. The van der Waals surface area contributed by atoms with Crippen LogP contribution in [0.25, 0.3) is 5.73 Å². The monoisotopic (exact) mass is 2080 g/mol. The van der Waals surface area contributed by atoms with Crippen LogP contribution in [0.5, 0.6) is 0 Å². The maximum atomic E-state index is 12.7. The van der Waals surface area contributed by atoms with Crippen molar-refractivity contribution in [2.75, 3.05) is 174 Å². The first kappa shape index (κ1) is 135. The van der Waals surface area contributed by atoms with E-state index in [1.54, 1.807) is 63.8 Å². The zero-order chi connectivity index (χ0) is 99.8. The summed E-state index contributed by atoms with van der Waals surface area (Å²) in [5.74, 6) is -2.57. The van der Waals surface area contributed by atoms with E-state index in [9.17, 15) is 101 Å². The molecule has 0 rings (SSSR count). The number of hydrogen-bond donors (Lipinski definition) is 14. The van der Waals surface area contributed by atoms with E-state index in [1.807, 2.05) is 6.92 Å². The van der Waals surface area contributed by atoms with E-state index >= 15 is 0 Å². The van der Waals surface area contributed by atoms with E-state index in [1.165, 1.54) is 26.0 Å². The van der Waals surface area contributed by atoms with Gasteiger partial charge in [-0.05, 0) is 109 Å². The Labute approximate surface area is 812 Å². The molecule has 0 bridgehead atoms. The molecule has 0 saturated carbocycles. The molecule has 0 saturated heterocycles. The third-order valence-electron chi connectivity index (χ3n) is 20.5. The molecule has 0 atom stereocenters. The summed E-state index contributed by atoms with van der Waals surface area (Å²) in [5, 5.41) is 37.2. The fraction of sp³-hybridized carbons (Fsp3) is 0.774. The average Bonchev–Trinajstić information content (AvgIpc) is 0.942. The Morgan fingerprint density at radius 1 is 0.179 bits per heavy atom. The van der Waals surface area contributed by atoms with Gasteiger partial charge in [-0.15, -0.1) is 0 Å². The van der Waals surface area contributed by atoms with Crippen LogP contribution in [0, 0.1) is 0 Å². The topological polar surface area (TPSA) is 564 Å². The largest absolute Gasteiger partial charge is 0.668 e. The van der Waals surface area contributed by atoms with Crippen LogP contribution in [0.15, 0.2) is 0 Å². The van der Waals surface area contributed by atoms with Crippen LogP contribution in [0.3, 0.4) is 0 Å². The molecule has 0 heterocycles. The van der Waals surface area contributed by atoms with Gasteiger partial charge in [0, 0.05) is 213 Å². The minimum absolute atomic E-state index is 0. The second-order valence-corrected chi connectivity index (χ2v) is 32.3. The Kier molecular flexibility index (Phi) is 96.3. The molecule has 0 radical (unpaired) electrons. The Morgan fingerprint density at radius 2 is 0.336 bits per heavy atom. The van der Waals surface area contributed by atoms with E-state index < -0.39 is 5.91 Å². The molecule has 40 nitrogen and oxygen atoms in total. The second kappa shape index (κ2) is 95.3. The molecule has 0 aromatic heterocycles. The summed E-state index contributed by atoms with van der Waals surface area (Å²) in [6, 6.07) is 0. The average molecular weight is 2080 g/mol. The summed E-state index contributed by atoms with van der Waals surface area (Å²) in [6.45, 7) is 7.81. The molecule has 772 valence electrons. The molecule has 0 aliphatic rings. The van der Waals surface area contributed by atoms with Crippen molar-refractivity contribution in [2.24, 2.45) is 0 Å². The van der Waals surface area contributed by atoms with E-state index in [2.05, 4.69) is 74.4 Å². The number of nitrogens with one attached hydrogen (secondary N) is 15. The Bertz CT molecular complexity index is 3070. The number of Topliss-reactive ketones (excluding diaryl/α,β-unsaturated/α-hetero) is 6. The number of nitrogens with zero attached hydrogens (tertiary/aromatic N) is 4. The van der Waals surface area contributed by atoms with Gasteiger partial charge in [0.1, 0.15) is 34.7 Å². The molecule has 15 amide bonds. The van der Waals surface area contributed by atoms with Gasteiger partial charge in [0.15, 0.2) is 0 Å². The predicted octanol–water partition coefficient (Wildman–Crippen LogP) is 3.89. The van der Waals surface area contributed by atoms with Crippen LogP contribution in [0.2, 0.25) is 0 Å². The van der Waals surface area contributed by atoms with Crippen molar-refractivity contribution in [2.45, 2.75) is 298 Å². The molecule has 134 heavy (non-hydrogen) atoms. The van der Waals surface area contributed by atoms with Gasteiger partial charge in [-0.3, -0.25) is 115 Å². The van der Waals surface area contributed by atoms with Crippen molar-refractivity contribution in [1.29, 1.82) is 0 Å². The third kappa shape index (κ3) is 94.4. The van der Waals surface area contributed by atoms with Gasteiger partial charge in [-0.25, -0.2) is 0 Å². The minimum atomic E-state index is -0.676. The summed E-state index contributed by atoms with van der Waals surface area (Å²) in [4.78, 5) is 253. The van der Waals surface area contributed by atoms with Crippen LogP contribution in [0.1, 0.15) is 298 Å². The zero-order valence-electron chi connectivity index (χ0n) is 82.2. The van der Waals surface area contributed by atoms with E-state index in [4.69, 9.17) is 5.73 Å². The fourth-order valence-electron chi connectivity index (χ4n) is 12.6. The van der Waals surface area contributed by atoms with E-state index in [0.29, 0.717) is 148 Å². The molecule has 0 aliphatic carbocycles. The smallest absolute Gasteiger partial charge is 0.234 e. The molecule has 15 N–H and O–H groups in total. The normalized spacial score (nSPS) is 10.4. The molecule has 0 fully saturated rings. The van der Waals surface area contributed by atoms with Crippen molar-refractivity contribution < 1.29 is 122 Å². The number of ketones is 6. The van der Waals surface area contributed by atoms with E-state index in [-0.39, 0.29) is 244 Å². The molecule has 0 aliphatic heterocycles. The standard InChI is InChI=1S/C32H59N5O6.C28H52N6O6.C21H38N6O6.C11H20N2O3.CH4.W/c1-4-27(38)18-12-6-5-7-13-19-28(39)24-37(25-31(42)35-22-16-10-8-14-20-29(40)33-2)26-32(43)36-23-17-11-9-15-21-30(41)34-3;1-29-24(36)15-9-5-4-8-14-23(35)20-34(21-27(39)32-18-12-6-10-16-25(37)30-2)22-28(40)33-19-13-7-11-17-26(38)31-3;1-23-18(30)9-5-11-25-20(32)14-27(13-16(28)7-3-4-8-17(22)29)15-21(33)26-12-6-10-19(31)24-2;1-4-9(14)6-13(7-10(15)5-2)8-11(16)12-3;;/h4-26H2,1-3H3,(H,33,40)(H,34,41)(H,35,42)(H,36,43);4-22H2,1-3H3,(H,29,36)(H,30,37)(H,31,38)(H,32,39)(H,33,40);3-15H2,1-2H3,(H6,22,23,24,25,26,29,30,31,32,33);4-8H2,1-3H3,(H,12,16);1H4;/p-1. The number of amides is 15. The summed E-state index contributed by atoms with van der Waals surface area (Å²) < 4.78 is 0. The van der Waals surface area contributed by atoms with Crippen LogP contribution in [-0.2, 0) is 122 Å². The van der Waals surface area contributed by atoms with Gasteiger partial charge in [-0.1, -0.05) is 98.8 Å². The van der Waals surface area contributed by atoms with Gasteiger partial charge in [-0.2, -0.15) is 0 Å². The number of carbonyl (C=O) groups is 21. The Hall–Kier alpha value is -9.40. The molecule has 0 aromatic carbocycles. The summed E-state index contributed by atoms with van der Waals surface area (Å²) >= 11 is 0. The van der Waals surface area contributed by atoms with Crippen LogP contribution in [-0.4, -0.2) is 317 Å². The van der Waals surface area contributed by atoms with Crippen molar-refractivity contribution >= 4 is 123 Å². The molecule has 0 unspecified atom stereocenters. The van der Waals surface area contributed by atoms with Crippen molar-refractivity contribution in [3.8, 4) is 0 Å². The summed E-state index contributed by atoms with van der Waals surface area (Å²) in [5.41, 5.74) is 6.87. The van der Waals surface area contributed by atoms with Gasteiger partial charge >= 0.3 is 0 Å². The zero-order valence-corrected chi connectivity index (χ0v) is 85.1. The summed E-state index contributed by atoms with van der Waals surface area (Å²) in [6.07, 6.45) is 27.0. The Morgan fingerprint density at radius 3 is 0.560 bits per heavy atom. The number of rotatable bonds is 81. The second-order valence-electron chi connectivity index (χ2n) is 32.3. The van der Waals surface area contributed by atoms with Crippen LogP contribution >= 0.6 is 0 Å². The molecular formula is C93H172N19O21W-. The molecule has 41 heteroatoms. The predicted molar refractivity (Wildman–Crippen MR) is 513 cm³/mol. The van der Waals surface area contributed by atoms with Gasteiger partial charge in [0.05, 0.1) is 78.5 Å². The fourth-order valence-corrected chi connectivity index (χ4v) is 12.6. The van der Waals surface area contributed by atoms with Gasteiger partial charge in [0.25, 0.3) is 0 Å². The number of unbranched alkanes of at least 4 members (excludes halogenated alkanes) is 18. The van der Waals surface area contributed by atoms with Crippen molar-refractivity contribution in [1.82, 2.24) is 94.0 Å². The van der Waals surface area contributed by atoms with Crippen LogP contribution in [0.4, 0.5) is 0 Å². The molecular weight excluding hydrogens is 1900 g/mol. The van der Waals surface area contributed by atoms with Crippen molar-refractivity contribution in [3.63, 3.8) is 0 Å². The maximum absolute atomic E-state index is 12.7. The molecule has 0 aromatic rings. The first-order chi connectivity index (χ1) is 63.1. The summed E-state index contributed by atoms with van der Waals surface area (Å²) in [7, 11) is 12.7. The van der Waals surface area contributed by atoms with E-state index in [0.717, 1.165) is 141 Å². The first-order valence-corrected chi connectivity index (χ1v) is 47.6. The first-order valence-electron chi connectivity index (χ1n) is 47.6. The van der Waals surface area contributed by atoms with Crippen LogP contribution < -0.4 is 74.4 Å². The number of hydrogen-bond acceptors (Lipinski definition) is 25. The minimum Gasteiger partial charge on any atom is -0.668 e. The van der Waals surface area contributed by atoms with Gasteiger partial charge in [0.2, 0.25) is 82.7 Å². The number of likely N-dealkylation sites (N-methyl/N-ethyl adjacent to an activating group) is 1. The Balaban J connectivity index is -0.000000423. The number of carbonyl (C=O) groups excluding carboxylic acids is 21. The quantitative estimate of drug-likeness (QED) is 0.0384. The molecule has 0 spiro atoms. The van der Waals surface area contributed by atoms with Crippen molar-refractivity contribution in [3.05, 3.63) is 5.73 Å². The SMILES string of the molecule is C.CCC(=O)CCCCCCCC(=O)CN(CC(=O)NCCCCCCC(=O)NC)CC(=O)NCCCCCCC(=O)NC.CCC(=O)CN(CC(=O)CC)CC(=O)NC.CNC(=O)CCCCCCC(=O)CN(CC(=O)NCCCCCC(=O)NC)CC(=O)NCCCCCC(=O)NC.CNC(=O)CCCNC(=O)CN(CC(=O)CCCCC([NH-])=O)CC(=O)NCCCC(=O)NC.[W]. The third-order valence-corrected chi connectivity index (χ3v) is 20.5.